The highest BCUT2D eigenvalue weighted by atomic mass is 32.1. The Morgan fingerprint density at radius 3 is 1.11 bits per heavy atom. The lowest BCUT2D eigenvalue weighted by molar-refractivity contribution is 1.30. The molecule has 10 aromatic rings. The van der Waals surface area contributed by atoms with Crippen LogP contribution in [0.4, 0.5) is 17.1 Å². The van der Waals surface area contributed by atoms with E-state index in [9.17, 15) is 0 Å². The van der Waals surface area contributed by atoms with Gasteiger partial charge in [0.15, 0.2) is 0 Å². The Morgan fingerprint density at radius 2 is 0.643 bits per heavy atom. The van der Waals surface area contributed by atoms with Gasteiger partial charge < -0.3 is 4.90 Å². The minimum absolute atomic E-state index is 1.11. The number of thiophene rings is 1. The maximum Gasteiger partial charge on any atom is 0.0554 e. The molecule has 0 aliphatic carbocycles. The maximum atomic E-state index is 2.42. The average Bonchev–Trinajstić information content (AvgIpc) is 3.67. The Hall–Kier alpha value is -7.00. The fourth-order valence-corrected chi connectivity index (χ4v) is 9.02. The van der Waals surface area contributed by atoms with Gasteiger partial charge in [0.2, 0.25) is 0 Å². The summed E-state index contributed by atoms with van der Waals surface area (Å²) in [7, 11) is 0. The highest BCUT2D eigenvalue weighted by molar-refractivity contribution is 7.26. The van der Waals surface area contributed by atoms with Crippen molar-refractivity contribution in [3.63, 3.8) is 0 Å². The summed E-state index contributed by atoms with van der Waals surface area (Å²) in [6, 6.07) is 81.3. The van der Waals surface area contributed by atoms with E-state index >= 15 is 0 Å². The summed E-state index contributed by atoms with van der Waals surface area (Å²) in [6.07, 6.45) is 0. The van der Waals surface area contributed by atoms with Gasteiger partial charge in [-0.1, -0.05) is 170 Å². The van der Waals surface area contributed by atoms with Crippen LogP contribution in [0.3, 0.4) is 0 Å². The zero-order valence-corrected chi connectivity index (χ0v) is 31.5. The van der Waals surface area contributed by atoms with Crippen LogP contribution in [0.25, 0.3) is 75.8 Å². The van der Waals surface area contributed by atoms with E-state index in [0.29, 0.717) is 0 Å². The molecule has 0 N–H and O–H groups in total. The van der Waals surface area contributed by atoms with Crippen molar-refractivity contribution in [1.29, 1.82) is 0 Å². The Balaban J connectivity index is 1.08. The van der Waals surface area contributed by atoms with Crippen LogP contribution < -0.4 is 4.90 Å². The van der Waals surface area contributed by atoms with Crippen LogP contribution in [-0.4, -0.2) is 0 Å². The molecule has 0 unspecified atom stereocenters. The molecule has 0 saturated heterocycles. The fraction of sp³-hybridized carbons (Fsp3) is 0. The van der Waals surface area contributed by atoms with E-state index in [1.54, 1.807) is 0 Å². The van der Waals surface area contributed by atoms with Crippen LogP contribution in [0, 0.1) is 0 Å². The summed E-state index contributed by atoms with van der Waals surface area (Å²) in [5.41, 5.74) is 15.5. The highest BCUT2D eigenvalue weighted by Gasteiger charge is 2.19. The van der Waals surface area contributed by atoms with Crippen LogP contribution in [0.2, 0.25) is 0 Å². The number of rotatable bonds is 8. The quantitative estimate of drug-likeness (QED) is 0.150. The minimum atomic E-state index is 1.11. The van der Waals surface area contributed by atoms with E-state index in [0.717, 1.165) is 11.4 Å². The smallest absolute Gasteiger partial charge is 0.0554 e. The Bertz CT molecular complexity index is 2800. The van der Waals surface area contributed by atoms with Gasteiger partial charge in [-0.25, -0.2) is 0 Å². The highest BCUT2D eigenvalue weighted by Crippen LogP contribution is 2.46. The zero-order valence-electron chi connectivity index (χ0n) is 30.7. The lowest BCUT2D eigenvalue weighted by Crippen LogP contribution is -2.10. The van der Waals surface area contributed by atoms with Crippen molar-refractivity contribution in [2.24, 2.45) is 0 Å². The minimum Gasteiger partial charge on any atom is -0.310 e. The van der Waals surface area contributed by atoms with E-state index in [-0.39, 0.29) is 0 Å². The molecule has 0 radical (unpaired) electrons. The molecular formula is C54H37NS. The van der Waals surface area contributed by atoms with Gasteiger partial charge in [-0.15, -0.1) is 11.3 Å². The normalized spacial score (nSPS) is 11.2. The number of hydrogen-bond acceptors (Lipinski definition) is 2. The molecule has 0 fully saturated rings. The first-order valence-electron chi connectivity index (χ1n) is 19.1. The van der Waals surface area contributed by atoms with Crippen molar-refractivity contribution in [3.05, 3.63) is 224 Å². The fourth-order valence-electron chi connectivity index (χ4n) is 7.85. The summed E-state index contributed by atoms with van der Waals surface area (Å²) in [5, 5.41) is 2.54. The van der Waals surface area contributed by atoms with E-state index in [1.165, 1.54) is 81.5 Å². The van der Waals surface area contributed by atoms with Crippen LogP contribution in [0.15, 0.2) is 224 Å². The third kappa shape index (κ3) is 6.47. The van der Waals surface area contributed by atoms with Crippen molar-refractivity contribution >= 4 is 48.6 Å². The van der Waals surface area contributed by atoms with Crippen molar-refractivity contribution in [2.45, 2.75) is 0 Å². The van der Waals surface area contributed by atoms with Crippen LogP contribution in [0.1, 0.15) is 0 Å². The van der Waals surface area contributed by atoms with Crippen LogP contribution in [-0.2, 0) is 0 Å². The van der Waals surface area contributed by atoms with Gasteiger partial charge in [-0.2, -0.15) is 0 Å². The van der Waals surface area contributed by atoms with Gasteiger partial charge in [0, 0.05) is 31.5 Å². The molecule has 1 heterocycles. The summed E-state index contributed by atoms with van der Waals surface area (Å²) in [6.45, 7) is 0. The molecule has 0 amide bonds. The molecule has 0 aliphatic rings. The molecule has 1 nitrogen and oxygen atoms in total. The van der Waals surface area contributed by atoms with E-state index in [1.807, 2.05) is 11.3 Å². The summed E-state index contributed by atoms with van der Waals surface area (Å²) < 4.78 is 2.56. The molecule has 9 aromatic carbocycles. The molecule has 0 atom stereocenters. The first kappa shape index (κ1) is 33.6. The van der Waals surface area contributed by atoms with Gasteiger partial charge in [-0.3, -0.25) is 0 Å². The van der Waals surface area contributed by atoms with Gasteiger partial charge in [0.1, 0.15) is 0 Å². The largest absolute Gasteiger partial charge is 0.310 e. The molecular weight excluding hydrogens is 695 g/mol. The molecule has 0 spiro atoms. The first-order valence-corrected chi connectivity index (χ1v) is 19.9. The molecule has 1 aromatic heterocycles. The predicted molar refractivity (Wildman–Crippen MR) is 241 cm³/mol. The lowest BCUT2D eigenvalue weighted by atomic mass is 9.98. The average molecular weight is 732 g/mol. The monoisotopic (exact) mass is 731 g/mol. The van der Waals surface area contributed by atoms with Crippen molar-refractivity contribution in [3.8, 4) is 55.6 Å². The summed E-state index contributed by atoms with van der Waals surface area (Å²) >= 11 is 1.86. The third-order valence-electron chi connectivity index (χ3n) is 10.7. The van der Waals surface area contributed by atoms with Crippen LogP contribution in [0.5, 0.6) is 0 Å². The Labute approximate surface area is 332 Å². The Morgan fingerprint density at radius 1 is 0.268 bits per heavy atom. The zero-order chi connectivity index (χ0) is 37.3. The van der Waals surface area contributed by atoms with E-state index in [4.69, 9.17) is 0 Å². The molecule has 0 bridgehead atoms. The van der Waals surface area contributed by atoms with Gasteiger partial charge in [-0.05, 0) is 110 Å². The molecule has 10 rings (SSSR count). The molecule has 56 heavy (non-hydrogen) atoms. The van der Waals surface area contributed by atoms with Gasteiger partial charge in [0.25, 0.3) is 0 Å². The van der Waals surface area contributed by atoms with E-state index < -0.39 is 0 Å². The second-order valence-corrected chi connectivity index (χ2v) is 15.2. The van der Waals surface area contributed by atoms with Crippen LogP contribution >= 0.6 is 11.3 Å². The van der Waals surface area contributed by atoms with Crippen molar-refractivity contribution < 1.29 is 0 Å². The molecule has 2 heteroatoms. The van der Waals surface area contributed by atoms with Gasteiger partial charge in [0.05, 0.1) is 5.69 Å². The predicted octanol–water partition coefficient (Wildman–Crippen LogP) is 15.9. The van der Waals surface area contributed by atoms with Crippen molar-refractivity contribution in [2.75, 3.05) is 4.90 Å². The molecule has 0 aliphatic heterocycles. The number of anilines is 3. The molecule has 264 valence electrons. The first-order chi connectivity index (χ1) is 27.7. The maximum absolute atomic E-state index is 2.42. The number of hydrogen-bond donors (Lipinski definition) is 0. The number of nitrogens with zero attached hydrogens (tertiary/aromatic N) is 1. The van der Waals surface area contributed by atoms with E-state index in [2.05, 4.69) is 229 Å². The second kappa shape index (κ2) is 14.7. The molecule has 0 saturated carbocycles. The second-order valence-electron chi connectivity index (χ2n) is 14.2. The SMILES string of the molecule is c1ccc(-c2cccc(-c3ccc(N(c4ccc(-c5cccc(-c6ccccc6)c5)cc4)c4cccc5sc6cc(-c7ccccc7)ccc6c45)cc3)c2)cc1. The topological polar surface area (TPSA) is 3.24 Å². The lowest BCUT2D eigenvalue weighted by Gasteiger charge is -2.27. The summed E-state index contributed by atoms with van der Waals surface area (Å²) in [4.78, 5) is 2.42. The third-order valence-corrected chi connectivity index (χ3v) is 11.8. The number of fused-ring (bicyclic) bond motifs is 3. The summed E-state index contributed by atoms with van der Waals surface area (Å²) in [5.74, 6) is 0. The number of benzene rings is 9. The standard InChI is InChI=1S/C54H37NS/c1-4-13-38(14-5-1)43-19-10-21-45(35-43)41-25-30-48(31-26-41)55(49-32-27-42(28-33-49)46-22-11-20-44(36-46)39-15-6-2-7-16-39)51-23-12-24-52-54(51)50-34-29-47(37-53(50)56-52)40-17-8-3-9-18-40/h1-37H. The van der Waals surface area contributed by atoms with Gasteiger partial charge >= 0.3 is 0 Å². The van der Waals surface area contributed by atoms with Crippen molar-refractivity contribution in [1.82, 2.24) is 0 Å². The Kier molecular flexibility index (Phi) is 8.79.